The summed E-state index contributed by atoms with van der Waals surface area (Å²) >= 11 is 3.56. The van der Waals surface area contributed by atoms with Crippen molar-refractivity contribution in [3.8, 4) is 10.6 Å². The highest BCUT2D eigenvalue weighted by atomic mass is 32.2. The Morgan fingerprint density at radius 2 is 1.52 bits per heavy atom. The number of aryl methyl sites for hydroxylation is 1. The molecule has 4 nitrogen and oxygen atoms in total. The summed E-state index contributed by atoms with van der Waals surface area (Å²) in [5.41, 5.74) is 12.3. The molecule has 0 atom stereocenters. The molecule has 1 aliphatic carbocycles. The van der Waals surface area contributed by atoms with Crippen LogP contribution in [-0.4, -0.2) is 19.1 Å². The zero-order valence-electron chi connectivity index (χ0n) is 18.8. The standard InChI is InChI=1S/C15H15N3S.C12H9NS/c1-9-6-13-15(8-11(9)16)19-14-7-10(18(2)3)4-5-12(14)17-13;1-3-7-11-9(5-1)13-10-6-2-4-8-12(10)14-11/h4-8,16H,1-3H3;1-8,13H/p+1. The Labute approximate surface area is 201 Å². The third-order valence-corrected chi connectivity index (χ3v) is 7.78. The van der Waals surface area contributed by atoms with Crippen molar-refractivity contribution < 1.29 is 0 Å². The summed E-state index contributed by atoms with van der Waals surface area (Å²) in [7, 11) is 4.09. The molecule has 3 aliphatic rings. The van der Waals surface area contributed by atoms with E-state index in [0.29, 0.717) is 0 Å². The van der Waals surface area contributed by atoms with Gasteiger partial charge in [-0.25, -0.2) is 9.56 Å². The number of hydrogen-bond donors (Lipinski definition) is 2. The molecule has 0 fully saturated rings. The van der Waals surface area contributed by atoms with Gasteiger partial charge in [0.1, 0.15) is 14.1 Å². The van der Waals surface area contributed by atoms with Crippen LogP contribution in [0.4, 0.5) is 17.1 Å². The smallest absolute Gasteiger partial charge is 0.201 e. The Bertz CT molecular complexity index is 1430. The van der Waals surface area contributed by atoms with Crippen LogP contribution in [0.2, 0.25) is 0 Å². The Balaban J connectivity index is 0.000000144. The molecule has 0 bridgehead atoms. The Morgan fingerprint density at radius 3 is 2.18 bits per heavy atom. The Hall–Kier alpha value is -3.35. The summed E-state index contributed by atoms with van der Waals surface area (Å²) in [4.78, 5) is 8.49. The molecule has 6 heteroatoms. The van der Waals surface area contributed by atoms with Crippen LogP contribution in [-0.2, 0) is 0 Å². The first-order valence-electron chi connectivity index (χ1n) is 10.7. The van der Waals surface area contributed by atoms with Crippen molar-refractivity contribution in [2.75, 3.05) is 25.1 Å². The molecule has 0 saturated carbocycles. The van der Waals surface area contributed by atoms with Gasteiger partial charge in [0.15, 0.2) is 0 Å². The maximum absolute atomic E-state index is 5.98. The molecular weight excluding hydrogens is 444 g/mol. The minimum absolute atomic E-state index is 0.827. The molecule has 2 heterocycles. The van der Waals surface area contributed by atoms with Crippen molar-refractivity contribution in [2.24, 2.45) is 0 Å². The van der Waals surface area contributed by atoms with E-state index < -0.39 is 0 Å². The molecule has 0 unspecified atom stereocenters. The molecule has 0 aromatic heterocycles. The SMILES string of the molecule is Cc1cc2nc3ccc(=[N+](C)C)cc-3sc2cc1N.c1ccc2c(c1)Nc1ccccc1S2. The number of anilines is 3. The van der Waals surface area contributed by atoms with E-state index in [9.17, 15) is 0 Å². The minimum atomic E-state index is 0.827. The monoisotopic (exact) mass is 469 g/mol. The molecule has 6 rings (SSSR count). The molecule has 0 spiro atoms. The van der Waals surface area contributed by atoms with Crippen molar-refractivity contribution in [3.63, 3.8) is 0 Å². The van der Waals surface area contributed by atoms with Gasteiger partial charge in [-0.3, -0.25) is 0 Å². The van der Waals surface area contributed by atoms with E-state index in [0.717, 1.165) is 27.2 Å². The quantitative estimate of drug-likeness (QED) is 0.158. The minimum Gasteiger partial charge on any atom is -0.398 e. The fourth-order valence-corrected chi connectivity index (χ4v) is 5.66. The number of hydrogen-bond acceptors (Lipinski definition) is 5. The number of nitrogens with zero attached hydrogens (tertiary/aromatic N) is 2. The van der Waals surface area contributed by atoms with Gasteiger partial charge in [0.05, 0.1) is 32.2 Å². The lowest BCUT2D eigenvalue weighted by Gasteiger charge is -2.19. The molecule has 164 valence electrons. The van der Waals surface area contributed by atoms with E-state index in [4.69, 9.17) is 10.7 Å². The maximum atomic E-state index is 5.98. The summed E-state index contributed by atoms with van der Waals surface area (Å²) in [6.07, 6.45) is 0. The molecule has 0 amide bonds. The summed E-state index contributed by atoms with van der Waals surface area (Å²) in [6.45, 7) is 2.01. The second-order valence-corrected chi connectivity index (χ2v) is 10.3. The first-order valence-corrected chi connectivity index (χ1v) is 12.4. The number of rotatable bonds is 0. The van der Waals surface area contributed by atoms with Crippen molar-refractivity contribution in [1.82, 2.24) is 9.56 Å². The highest BCUT2D eigenvalue weighted by Crippen LogP contribution is 2.43. The molecule has 3 N–H and O–H groups in total. The Kier molecular flexibility index (Phi) is 5.79. The van der Waals surface area contributed by atoms with Gasteiger partial charge in [0, 0.05) is 27.6 Å². The third-order valence-electron chi connectivity index (χ3n) is 5.53. The lowest BCUT2D eigenvalue weighted by atomic mass is 10.2. The maximum Gasteiger partial charge on any atom is 0.201 e. The average molecular weight is 470 g/mol. The number of nitrogen functional groups attached to an aromatic ring is 1. The normalized spacial score (nSPS) is 11.7. The van der Waals surface area contributed by atoms with Crippen molar-refractivity contribution >= 4 is 50.4 Å². The molecule has 2 aliphatic heterocycles. The number of fused-ring (bicyclic) bond motifs is 4. The first-order chi connectivity index (χ1) is 16.0. The van der Waals surface area contributed by atoms with Gasteiger partial charge < -0.3 is 11.1 Å². The average Bonchev–Trinajstić information content (AvgIpc) is 2.82. The van der Waals surface area contributed by atoms with Gasteiger partial charge in [-0.2, -0.15) is 0 Å². The van der Waals surface area contributed by atoms with Crippen molar-refractivity contribution in [1.29, 1.82) is 0 Å². The predicted octanol–water partition coefficient (Wildman–Crippen LogP) is 6.22. The fourth-order valence-electron chi connectivity index (χ4n) is 3.64. The van der Waals surface area contributed by atoms with E-state index in [1.807, 2.05) is 38.8 Å². The van der Waals surface area contributed by atoms with E-state index in [-0.39, 0.29) is 0 Å². The molecule has 33 heavy (non-hydrogen) atoms. The zero-order chi connectivity index (χ0) is 22.9. The third kappa shape index (κ3) is 4.45. The predicted molar refractivity (Wildman–Crippen MR) is 143 cm³/mol. The Morgan fingerprint density at radius 1 is 0.848 bits per heavy atom. The summed E-state index contributed by atoms with van der Waals surface area (Å²) in [5, 5.41) is 4.60. The van der Waals surface area contributed by atoms with Crippen LogP contribution in [0.15, 0.2) is 88.7 Å². The van der Waals surface area contributed by atoms with Gasteiger partial charge in [-0.1, -0.05) is 36.0 Å². The van der Waals surface area contributed by atoms with Gasteiger partial charge >= 0.3 is 0 Å². The number of nitrogens with one attached hydrogen (secondary N) is 1. The highest BCUT2D eigenvalue weighted by molar-refractivity contribution is 7.99. The van der Waals surface area contributed by atoms with Gasteiger partial charge in [-0.05, 0) is 55.0 Å². The fraction of sp³-hybridized carbons (Fsp3) is 0.111. The van der Waals surface area contributed by atoms with Gasteiger partial charge in [0.25, 0.3) is 0 Å². The zero-order valence-corrected chi connectivity index (χ0v) is 20.4. The lowest BCUT2D eigenvalue weighted by Crippen LogP contribution is -2.21. The van der Waals surface area contributed by atoms with Crippen LogP contribution in [0.5, 0.6) is 0 Å². The molecule has 3 aromatic rings. The van der Waals surface area contributed by atoms with Crippen LogP contribution < -0.4 is 21.0 Å². The second-order valence-electron chi connectivity index (χ2n) is 8.16. The van der Waals surface area contributed by atoms with Crippen LogP contribution in [0.3, 0.4) is 0 Å². The van der Waals surface area contributed by atoms with E-state index in [1.54, 1.807) is 11.3 Å². The first kappa shape index (κ1) is 21.5. The summed E-state index contributed by atoms with van der Waals surface area (Å²) < 4.78 is 3.23. The number of benzene rings is 4. The van der Waals surface area contributed by atoms with Crippen molar-refractivity contribution in [3.05, 3.63) is 89.8 Å². The number of nitrogens with two attached hydrogens (primary N) is 1. The topological polar surface area (TPSA) is 54.0 Å². The van der Waals surface area contributed by atoms with Crippen LogP contribution >= 0.6 is 23.1 Å². The molecular formula is C27H25N4S2+. The van der Waals surface area contributed by atoms with E-state index in [1.165, 1.54) is 31.4 Å². The lowest BCUT2D eigenvalue weighted by molar-refractivity contribution is 0.814. The largest absolute Gasteiger partial charge is 0.398 e. The second kappa shape index (κ2) is 8.89. The van der Waals surface area contributed by atoms with E-state index >= 15 is 0 Å². The number of aromatic nitrogens is 1. The van der Waals surface area contributed by atoms with Crippen molar-refractivity contribution in [2.45, 2.75) is 16.7 Å². The molecule has 0 radical (unpaired) electrons. The molecule has 3 aromatic carbocycles. The van der Waals surface area contributed by atoms with Crippen LogP contribution in [0.1, 0.15) is 5.56 Å². The van der Waals surface area contributed by atoms with Gasteiger partial charge in [0.2, 0.25) is 5.36 Å². The van der Waals surface area contributed by atoms with Crippen LogP contribution in [0, 0.1) is 6.92 Å². The summed E-state index contributed by atoms with van der Waals surface area (Å²) in [6, 6.07) is 27.2. The highest BCUT2D eigenvalue weighted by Gasteiger charge is 2.13. The van der Waals surface area contributed by atoms with Gasteiger partial charge in [-0.15, -0.1) is 11.3 Å². The molecule has 0 saturated heterocycles. The summed E-state index contributed by atoms with van der Waals surface area (Å²) in [5.74, 6) is 0. The van der Waals surface area contributed by atoms with Crippen LogP contribution in [0.25, 0.3) is 20.8 Å². The van der Waals surface area contributed by atoms with E-state index in [2.05, 4.69) is 82.7 Å². The number of para-hydroxylation sites is 2.